The van der Waals surface area contributed by atoms with Crippen LogP contribution in [-0.2, 0) is 19.6 Å². The predicted molar refractivity (Wildman–Crippen MR) is 59.7 cm³/mol. The topological polar surface area (TPSA) is 83.9 Å². The highest BCUT2D eigenvalue weighted by molar-refractivity contribution is 7.85. The molecular weight excluding hydrogens is 234 g/mol. The van der Waals surface area contributed by atoms with Crippen LogP contribution in [0.4, 0.5) is 0 Å². The summed E-state index contributed by atoms with van der Waals surface area (Å²) >= 11 is 0. The Morgan fingerprint density at radius 3 is 2.44 bits per heavy atom. The van der Waals surface area contributed by atoms with E-state index in [1.807, 2.05) is 0 Å². The van der Waals surface area contributed by atoms with E-state index in [2.05, 4.69) is 6.58 Å². The summed E-state index contributed by atoms with van der Waals surface area (Å²) in [5.74, 6) is -0.805. The van der Waals surface area contributed by atoms with Gasteiger partial charge < -0.3 is 9.64 Å². The van der Waals surface area contributed by atoms with Gasteiger partial charge in [0.15, 0.2) is 0 Å². The average Bonchev–Trinajstić information content (AvgIpc) is 2.13. The molecule has 0 aromatic rings. The molecule has 94 valence electrons. The molecule has 0 saturated carbocycles. The Morgan fingerprint density at radius 2 is 2.00 bits per heavy atom. The smallest absolute Gasteiger partial charge is 0.333 e. The molecule has 0 aliphatic heterocycles. The van der Waals surface area contributed by atoms with Crippen LogP contribution in [0.3, 0.4) is 0 Å². The maximum Gasteiger partial charge on any atom is 0.333 e. The van der Waals surface area contributed by atoms with Gasteiger partial charge in [0.1, 0.15) is 6.61 Å². The van der Waals surface area contributed by atoms with Crippen molar-refractivity contribution in [2.75, 3.05) is 32.5 Å². The molecular formula is C9H17NO5S. The van der Waals surface area contributed by atoms with Crippen molar-refractivity contribution in [1.29, 1.82) is 0 Å². The number of carbonyl (C=O) groups excluding carboxylic acids is 1. The van der Waals surface area contributed by atoms with Gasteiger partial charge in [-0.2, -0.15) is 8.42 Å². The van der Waals surface area contributed by atoms with Crippen molar-refractivity contribution < 1.29 is 22.5 Å². The van der Waals surface area contributed by atoms with Crippen LogP contribution >= 0.6 is 0 Å². The van der Waals surface area contributed by atoms with E-state index in [1.165, 1.54) is 0 Å². The zero-order valence-corrected chi connectivity index (χ0v) is 10.3. The van der Waals surface area contributed by atoms with Crippen molar-refractivity contribution in [1.82, 2.24) is 4.90 Å². The van der Waals surface area contributed by atoms with Gasteiger partial charge in [0.05, 0.1) is 5.75 Å². The van der Waals surface area contributed by atoms with Crippen LogP contribution in [0.1, 0.15) is 6.92 Å². The van der Waals surface area contributed by atoms with E-state index < -0.39 is 16.1 Å². The molecule has 0 aliphatic rings. The Kier molecular flexibility index (Phi) is 6.24. The molecule has 7 heteroatoms. The summed E-state index contributed by atoms with van der Waals surface area (Å²) in [4.78, 5) is 12.6. The highest BCUT2D eigenvalue weighted by Gasteiger charge is 2.08. The largest absolute Gasteiger partial charge is 0.461 e. The lowest BCUT2D eigenvalue weighted by Crippen LogP contribution is -2.29. The lowest BCUT2D eigenvalue weighted by molar-refractivity contribution is -0.139. The maximum absolute atomic E-state index is 11.0. The SMILES string of the molecule is C=C(C)C(=O)OCCN(C)CCS(=O)(=O)O. The minimum absolute atomic E-state index is 0.160. The zero-order chi connectivity index (χ0) is 12.8. The first-order valence-corrected chi connectivity index (χ1v) is 6.29. The number of esters is 1. The lowest BCUT2D eigenvalue weighted by Gasteiger charge is -2.15. The fraction of sp³-hybridized carbons (Fsp3) is 0.667. The van der Waals surface area contributed by atoms with Gasteiger partial charge in [-0.1, -0.05) is 6.58 Å². The van der Waals surface area contributed by atoms with Crippen LogP contribution in [0.15, 0.2) is 12.2 Å². The first kappa shape index (κ1) is 15.1. The number of likely N-dealkylation sites (N-methyl/N-ethyl adjacent to an activating group) is 1. The second kappa shape index (κ2) is 6.62. The van der Waals surface area contributed by atoms with Gasteiger partial charge in [0.2, 0.25) is 0 Å². The summed E-state index contributed by atoms with van der Waals surface area (Å²) in [5.41, 5.74) is 0.320. The summed E-state index contributed by atoms with van der Waals surface area (Å²) in [5, 5.41) is 0. The molecule has 0 bridgehead atoms. The Labute approximate surface area is 95.6 Å². The van der Waals surface area contributed by atoms with Crippen molar-refractivity contribution in [3.05, 3.63) is 12.2 Å². The Bertz CT molecular complexity index is 349. The second-order valence-electron chi connectivity index (χ2n) is 3.51. The van der Waals surface area contributed by atoms with E-state index in [1.54, 1.807) is 18.9 Å². The monoisotopic (exact) mass is 251 g/mol. The predicted octanol–water partition coefficient (Wildman–Crippen LogP) is -0.0747. The third-order valence-electron chi connectivity index (χ3n) is 1.79. The molecule has 0 unspecified atom stereocenters. The molecule has 0 atom stereocenters. The van der Waals surface area contributed by atoms with E-state index in [0.29, 0.717) is 12.1 Å². The molecule has 0 heterocycles. The minimum Gasteiger partial charge on any atom is -0.461 e. The van der Waals surface area contributed by atoms with Crippen molar-refractivity contribution >= 4 is 16.1 Å². The van der Waals surface area contributed by atoms with Crippen LogP contribution in [0.5, 0.6) is 0 Å². The molecule has 0 radical (unpaired) electrons. The molecule has 0 amide bonds. The molecule has 0 rings (SSSR count). The standard InChI is InChI=1S/C9H17NO5S/c1-8(2)9(11)15-6-4-10(3)5-7-16(12,13)14/h1,4-7H2,2-3H3,(H,12,13,14). The Hall–Kier alpha value is -0.920. The van der Waals surface area contributed by atoms with Crippen LogP contribution in [0.25, 0.3) is 0 Å². The first-order chi connectivity index (χ1) is 7.22. The van der Waals surface area contributed by atoms with Crippen molar-refractivity contribution in [3.8, 4) is 0 Å². The van der Waals surface area contributed by atoms with Crippen LogP contribution in [0, 0.1) is 0 Å². The molecule has 0 saturated heterocycles. The van der Waals surface area contributed by atoms with Crippen molar-refractivity contribution in [3.63, 3.8) is 0 Å². The van der Waals surface area contributed by atoms with E-state index in [9.17, 15) is 13.2 Å². The number of rotatable bonds is 7. The zero-order valence-electron chi connectivity index (χ0n) is 9.47. The first-order valence-electron chi connectivity index (χ1n) is 4.68. The Morgan fingerprint density at radius 1 is 1.44 bits per heavy atom. The summed E-state index contributed by atoms with van der Waals surface area (Å²) < 4.78 is 34.2. The molecule has 0 fully saturated rings. The van der Waals surface area contributed by atoms with Crippen LogP contribution < -0.4 is 0 Å². The van der Waals surface area contributed by atoms with Gasteiger partial charge in [-0.05, 0) is 14.0 Å². The van der Waals surface area contributed by atoms with E-state index in [0.717, 1.165) is 0 Å². The molecule has 1 N–H and O–H groups in total. The second-order valence-corrected chi connectivity index (χ2v) is 5.08. The number of hydrogen-bond donors (Lipinski definition) is 1. The number of carbonyl (C=O) groups is 1. The number of hydrogen-bond acceptors (Lipinski definition) is 5. The maximum atomic E-state index is 11.0. The third-order valence-corrected chi connectivity index (χ3v) is 2.48. The van der Waals surface area contributed by atoms with Gasteiger partial charge in [-0.3, -0.25) is 4.55 Å². The fourth-order valence-corrected chi connectivity index (χ4v) is 1.34. The van der Waals surface area contributed by atoms with E-state index in [-0.39, 0.29) is 18.9 Å². The lowest BCUT2D eigenvalue weighted by atomic mass is 10.4. The Balaban J connectivity index is 3.70. The van der Waals surface area contributed by atoms with Gasteiger partial charge in [0.25, 0.3) is 10.1 Å². The normalized spacial score (nSPS) is 11.5. The van der Waals surface area contributed by atoms with Gasteiger partial charge in [-0.25, -0.2) is 4.79 Å². The molecule has 6 nitrogen and oxygen atoms in total. The number of nitrogens with zero attached hydrogens (tertiary/aromatic N) is 1. The summed E-state index contributed by atoms with van der Waals surface area (Å²) in [7, 11) is -2.27. The van der Waals surface area contributed by atoms with Gasteiger partial charge >= 0.3 is 5.97 Å². The summed E-state index contributed by atoms with van der Waals surface area (Å²) in [6.45, 7) is 5.71. The third kappa shape index (κ3) is 8.39. The average molecular weight is 251 g/mol. The fourth-order valence-electron chi connectivity index (χ4n) is 0.800. The molecule has 0 aromatic carbocycles. The van der Waals surface area contributed by atoms with Gasteiger partial charge in [-0.15, -0.1) is 0 Å². The van der Waals surface area contributed by atoms with E-state index >= 15 is 0 Å². The van der Waals surface area contributed by atoms with E-state index in [4.69, 9.17) is 9.29 Å². The number of ether oxygens (including phenoxy) is 1. The van der Waals surface area contributed by atoms with Crippen LogP contribution in [-0.4, -0.2) is 56.3 Å². The molecule has 16 heavy (non-hydrogen) atoms. The minimum atomic E-state index is -3.94. The quantitative estimate of drug-likeness (QED) is 0.387. The van der Waals surface area contributed by atoms with Gasteiger partial charge in [0, 0.05) is 18.7 Å². The molecule has 0 aliphatic carbocycles. The summed E-state index contributed by atoms with van der Waals surface area (Å²) in [6, 6.07) is 0. The van der Waals surface area contributed by atoms with Crippen LogP contribution in [0.2, 0.25) is 0 Å². The molecule has 0 spiro atoms. The highest BCUT2D eigenvalue weighted by Crippen LogP contribution is 1.93. The highest BCUT2D eigenvalue weighted by atomic mass is 32.2. The summed E-state index contributed by atoms with van der Waals surface area (Å²) in [6.07, 6.45) is 0. The van der Waals surface area contributed by atoms with Crippen molar-refractivity contribution in [2.45, 2.75) is 6.92 Å². The molecule has 0 aromatic heterocycles. The van der Waals surface area contributed by atoms with Crippen molar-refractivity contribution in [2.24, 2.45) is 0 Å².